The molecular weight excluding hydrogens is 364 g/mol. The molecule has 0 aliphatic carbocycles. The third kappa shape index (κ3) is 3.41. The van der Waals surface area contributed by atoms with Crippen LogP contribution in [0.25, 0.3) is 11.3 Å². The first kappa shape index (κ1) is 17.2. The van der Waals surface area contributed by atoms with Crippen molar-refractivity contribution in [3.05, 3.63) is 47.8 Å². The Morgan fingerprint density at radius 1 is 1.19 bits per heavy atom. The highest BCUT2D eigenvalue weighted by Gasteiger charge is 2.17. The molecule has 0 saturated heterocycles. The van der Waals surface area contributed by atoms with Crippen molar-refractivity contribution < 1.29 is 8.42 Å². The number of aromatic amines is 1. The zero-order valence-corrected chi connectivity index (χ0v) is 15.6. The molecule has 3 heterocycles. The van der Waals surface area contributed by atoms with Crippen LogP contribution in [0.1, 0.15) is 11.3 Å². The van der Waals surface area contributed by atoms with Gasteiger partial charge >= 0.3 is 0 Å². The molecule has 138 valence electrons. The van der Waals surface area contributed by atoms with Gasteiger partial charge in [-0.25, -0.2) is 18.4 Å². The van der Waals surface area contributed by atoms with Gasteiger partial charge in [-0.05, 0) is 37.3 Å². The molecule has 1 aromatic carbocycles. The standard InChI is InChI=1S/C18H18N6O2S/c1-11-14(9-21-24-11)17-7-16-15(8-19-10-20-16)18(23-17)22-12-3-5-13(6-4-12)27(2,25)26/h3-7,9-10H,8H2,1-2H3,(H,19,20)(H,21,24)(H,22,23). The van der Waals surface area contributed by atoms with Crippen molar-refractivity contribution in [2.45, 2.75) is 18.4 Å². The molecule has 2 aromatic heterocycles. The Bertz CT molecular complexity index is 1130. The number of pyridine rings is 1. The van der Waals surface area contributed by atoms with Gasteiger partial charge in [-0.3, -0.25) is 5.10 Å². The van der Waals surface area contributed by atoms with Crippen molar-refractivity contribution in [3.63, 3.8) is 0 Å². The van der Waals surface area contributed by atoms with E-state index in [0.29, 0.717) is 12.4 Å². The topological polar surface area (TPSA) is 112 Å². The van der Waals surface area contributed by atoms with Crippen molar-refractivity contribution in [2.75, 3.05) is 11.6 Å². The molecule has 4 rings (SSSR count). The third-order valence-corrected chi connectivity index (χ3v) is 5.45. The van der Waals surface area contributed by atoms with Gasteiger partial charge in [-0.1, -0.05) is 0 Å². The summed E-state index contributed by atoms with van der Waals surface area (Å²) < 4.78 is 23.3. The van der Waals surface area contributed by atoms with Crippen molar-refractivity contribution in [1.29, 1.82) is 0 Å². The zero-order chi connectivity index (χ0) is 19.0. The minimum atomic E-state index is -3.23. The second kappa shape index (κ2) is 6.51. The lowest BCUT2D eigenvalue weighted by Crippen LogP contribution is -2.16. The number of fused-ring (bicyclic) bond motifs is 1. The maximum atomic E-state index is 11.6. The minimum Gasteiger partial charge on any atom is -0.372 e. The van der Waals surface area contributed by atoms with Gasteiger partial charge in [0.05, 0.1) is 28.8 Å². The first-order valence-electron chi connectivity index (χ1n) is 8.29. The molecule has 1 aliphatic rings. The van der Waals surface area contributed by atoms with E-state index in [0.717, 1.165) is 33.9 Å². The number of aryl methyl sites for hydroxylation is 1. The molecule has 0 radical (unpaired) electrons. The Morgan fingerprint density at radius 3 is 2.63 bits per heavy atom. The number of hydrogen-bond acceptors (Lipinski definition) is 7. The lowest BCUT2D eigenvalue weighted by atomic mass is 10.1. The van der Waals surface area contributed by atoms with Crippen LogP contribution in [0.4, 0.5) is 17.2 Å². The molecule has 0 fully saturated rings. The summed E-state index contributed by atoms with van der Waals surface area (Å²) in [7, 11) is -3.23. The number of anilines is 2. The fourth-order valence-electron chi connectivity index (χ4n) is 2.88. The quantitative estimate of drug-likeness (QED) is 0.640. The second-order valence-electron chi connectivity index (χ2n) is 6.32. The largest absolute Gasteiger partial charge is 0.372 e. The van der Waals surface area contributed by atoms with Crippen LogP contribution in [-0.4, -0.2) is 36.2 Å². The molecule has 0 amide bonds. The third-order valence-electron chi connectivity index (χ3n) is 4.33. The first-order chi connectivity index (χ1) is 12.9. The van der Waals surface area contributed by atoms with Crippen LogP contribution in [0, 0.1) is 6.92 Å². The van der Waals surface area contributed by atoms with Crippen molar-refractivity contribution in [3.8, 4) is 11.3 Å². The van der Waals surface area contributed by atoms with E-state index in [9.17, 15) is 8.42 Å². The van der Waals surface area contributed by atoms with E-state index in [2.05, 4.69) is 25.8 Å². The summed E-state index contributed by atoms with van der Waals surface area (Å²) >= 11 is 0. The van der Waals surface area contributed by atoms with E-state index >= 15 is 0 Å². The Kier molecular flexibility index (Phi) is 4.15. The highest BCUT2D eigenvalue weighted by molar-refractivity contribution is 7.90. The number of sulfone groups is 1. The van der Waals surface area contributed by atoms with Crippen LogP contribution >= 0.6 is 0 Å². The van der Waals surface area contributed by atoms with Gasteiger partial charge in [-0.15, -0.1) is 0 Å². The number of nitrogens with one attached hydrogen (secondary N) is 3. The Labute approximate surface area is 156 Å². The molecule has 0 atom stereocenters. The van der Waals surface area contributed by atoms with Crippen molar-refractivity contribution in [2.24, 2.45) is 4.99 Å². The van der Waals surface area contributed by atoms with Gasteiger partial charge in [0, 0.05) is 35.3 Å². The van der Waals surface area contributed by atoms with Gasteiger partial charge in [0.25, 0.3) is 0 Å². The van der Waals surface area contributed by atoms with E-state index in [1.807, 2.05) is 13.0 Å². The molecule has 8 nitrogen and oxygen atoms in total. The van der Waals surface area contributed by atoms with E-state index in [1.54, 1.807) is 36.8 Å². The predicted molar refractivity (Wildman–Crippen MR) is 104 cm³/mol. The number of aliphatic imine (C=N–C) groups is 1. The number of H-pyrrole nitrogens is 1. The molecule has 0 bridgehead atoms. The molecule has 0 spiro atoms. The van der Waals surface area contributed by atoms with Gasteiger partial charge in [0.15, 0.2) is 9.84 Å². The Hall–Kier alpha value is -3.20. The zero-order valence-electron chi connectivity index (χ0n) is 14.8. The molecule has 0 saturated carbocycles. The number of aromatic nitrogens is 3. The Morgan fingerprint density at radius 2 is 1.96 bits per heavy atom. The fourth-order valence-corrected chi connectivity index (χ4v) is 3.51. The molecule has 9 heteroatoms. The lowest BCUT2D eigenvalue weighted by Gasteiger charge is -2.18. The maximum absolute atomic E-state index is 11.6. The molecule has 1 aliphatic heterocycles. The summed E-state index contributed by atoms with van der Waals surface area (Å²) in [5.41, 5.74) is 5.09. The smallest absolute Gasteiger partial charge is 0.175 e. The monoisotopic (exact) mass is 382 g/mol. The summed E-state index contributed by atoms with van der Waals surface area (Å²) in [6.45, 7) is 2.53. The van der Waals surface area contributed by atoms with Gasteiger partial charge < -0.3 is 10.6 Å². The average Bonchev–Trinajstić information content (AvgIpc) is 3.07. The summed E-state index contributed by atoms with van der Waals surface area (Å²) in [6.07, 6.45) is 4.59. The van der Waals surface area contributed by atoms with Crippen molar-refractivity contribution >= 4 is 33.4 Å². The van der Waals surface area contributed by atoms with Crippen LogP contribution in [-0.2, 0) is 16.4 Å². The normalized spacial score (nSPS) is 13.1. The number of hydrogen-bond donors (Lipinski definition) is 3. The van der Waals surface area contributed by atoms with Crippen molar-refractivity contribution in [1.82, 2.24) is 20.5 Å². The summed E-state index contributed by atoms with van der Waals surface area (Å²) in [5.74, 6) is 0.666. The van der Waals surface area contributed by atoms with Gasteiger partial charge in [0.1, 0.15) is 5.82 Å². The molecule has 27 heavy (non-hydrogen) atoms. The highest BCUT2D eigenvalue weighted by Crippen LogP contribution is 2.34. The minimum absolute atomic E-state index is 0.275. The average molecular weight is 382 g/mol. The summed E-state index contributed by atoms with van der Waals surface area (Å²) in [5, 5.41) is 13.4. The number of nitrogens with zero attached hydrogens (tertiary/aromatic N) is 3. The number of benzene rings is 1. The highest BCUT2D eigenvalue weighted by atomic mass is 32.2. The molecule has 3 N–H and O–H groups in total. The Balaban J connectivity index is 1.75. The van der Waals surface area contributed by atoms with E-state index in [1.165, 1.54) is 6.26 Å². The lowest BCUT2D eigenvalue weighted by molar-refractivity contribution is 0.602. The molecular formula is C18H18N6O2S. The van der Waals surface area contributed by atoms with Gasteiger partial charge in [-0.2, -0.15) is 5.10 Å². The number of rotatable bonds is 4. The van der Waals surface area contributed by atoms with Crippen LogP contribution in [0.3, 0.4) is 0 Å². The summed E-state index contributed by atoms with van der Waals surface area (Å²) in [4.78, 5) is 9.44. The fraction of sp³-hybridized carbons (Fsp3) is 0.167. The molecule has 0 unspecified atom stereocenters. The van der Waals surface area contributed by atoms with Crippen LogP contribution < -0.4 is 10.6 Å². The van der Waals surface area contributed by atoms with E-state index in [4.69, 9.17) is 4.98 Å². The van der Waals surface area contributed by atoms with Crippen LogP contribution in [0.2, 0.25) is 0 Å². The van der Waals surface area contributed by atoms with E-state index < -0.39 is 9.84 Å². The molecule has 3 aromatic rings. The SMILES string of the molecule is Cc1[nH]ncc1-c1cc2c(c(Nc3ccc(S(C)(=O)=O)cc3)n1)CNC=N2. The maximum Gasteiger partial charge on any atom is 0.175 e. The predicted octanol–water partition coefficient (Wildman–Crippen LogP) is 2.69. The first-order valence-corrected chi connectivity index (χ1v) is 10.2. The van der Waals surface area contributed by atoms with E-state index in [-0.39, 0.29) is 4.90 Å². The van der Waals surface area contributed by atoms with Gasteiger partial charge in [0.2, 0.25) is 0 Å². The second-order valence-corrected chi connectivity index (χ2v) is 8.34. The van der Waals surface area contributed by atoms with Crippen LogP contribution in [0.15, 0.2) is 46.4 Å². The summed E-state index contributed by atoms with van der Waals surface area (Å²) in [6, 6.07) is 8.52. The van der Waals surface area contributed by atoms with Crippen LogP contribution in [0.5, 0.6) is 0 Å².